The Morgan fingerprint density at radius 2 is 2.15 bits per heavy atom. The zero-order valence-corrected chi connectivity index (χ0v) is 12.5. The summed E-state index contributed by atoms with van der Waals surface area (Å²) in [7, 11) is 1.65. The number of para-hydroxylation sites is 2. The lowest BCUT2D eigenvalue weighted by molar-refractivity contribution is 0.130. The van der Waals surface area contributed by atoms with Crippen LogP contribution in [0, 0.1) is 5.41 Å². The second-order valence-electron chi connectivity index (χ2n) is 5.63. The van der Waals surface area contributed by atoms with Gasteiger partial charge in [-0.3, -0.25) is 4.99 Å². The van der Waals surface area contributed by atoms with Crippen molar-refractivity contribution in [2.24, 2.45) is 16.1 Å². The number of anilines is 1. The molecular formula is C16H25N3O. The van der Waals surface area contributed by atoms with Gasteiger partial charge in [-0.2, -0.15) is 0 Å². The molecule has 4 nitrogen and oxygen atoms in total. The van der Waals surface area contributed by atoms with Gasteiger partial charge in [-0.15, -0.1) is 0 Å². The topological polar surface area (TPSA) is 59.6 Å². The van der Waals surface area contributed by atoms with Crippen LogP contribution in [0.5, 0.6) is 5.75 Å². The van der Waals surface area contributed by atoms with E-state index in [2.05, 4.69) is 17.2 Å². The third kappa shape index (κ3) is 3.44. The van der Waals surface area contributed by atoms with Gasteiger partial charge in [0, 0.05) is 6.54 Å². The maximum atomic E-state index is 5.99. The number of rotatable bonds is 6. The fourth-order valence-electron chi connectivity index (χ4n) is 2.87. The Hall–Kier alpha value is -1.71. The van der Waals surface area contributed by atoms with E-state index in [1.54, 1.807) is 7.11 Å². The lowest BCUT2D eigenvalue weighted by Gasteiger charge is -2.40. The Labute approximate surface area is 121 Å². The average molecular weight is 275 g/mol. The second-order valence-corrected chi connectivity index (χ2v) is 5.63. The van der Waals surface area contributed by atoms with Crippen molar-refractivity contribution in [2.45, 2.75) is 39.0 Å². The summed E-state index contributed by atoms with van der Waals surface area (Å²) in [6.45, 7) is 3.06. The van der Waals surface area contributed by atoms with Gasteiger partial charge < -0.3 is 15.8 Å². The molecule has 3 N–H and O–H groups in total. The molecule has 1 aromatic carbocycles. The SMILES string of the molecule is CCCC1(CN=C(N)Nc2ccccc2OC)CCC1. The van der Waals surface area contributed by atoms with E-state index >= 15 is 0 Å². The smallest absolute Gasteiger partial charge is 0.193 e. The van der Waals surface area contributed by atoms with Crippen LogP contribution >= 0.6 is 0 Å². The lowest BCUT2D eigenvalue weighted by Crippen LogP contribution is -2.34. The van der Waals surface area contributed by atoms with Gasteiger partial charge in [0.15, 0.2) is 5.96 Å². The van der Waals surface area contributed by atoms with Gasteiger partial charge >= 0.3 is 0 Å². The summed E-state index contributed by atoms with van der Waals surface area (Å²) in [5.41, 5.74) is 7.26. The molecule has 0 aromatic heterocycles. The molecule has 1 aromatic rings. The van der Waals surface area contributed by atoms with E-state index in [9.17, 15) is 0 Å². The number of nitrogens with zero attached hydrogens (tertiary/aromatic N) is 1. The van der Waals surface area contributed by atoms with E-state index in [4.69, 9.17) is 10.5 Å². The predicted molar refractivity (Wildman–Crippen MR) is 84.3 cm³/mol. The number of aliphatic imine (C=N–C) groups is 1. The minimum absolute atomic E-state index is 0.405. The average Bonchev–Trinajstić information content (AvgIpc) is 2.42. The van der Waals surface area contributed by atoms with Crippen molar-refractivity contribution in [3.05, 3.63) is 24.3 Å². The van der Waals surface area contributed by atoms with Gasteiger partial charge in [-0.25, -0.2) is 0 Å². The highest BCUT2D eigenvalue weighted by atomic mass is 16.5. The van der Waals surface area contributed by atoms with Crippen LogP contribution in [0.1, 0.15) is 39.0 Å². The van der Waals surface area contributed by atoms with Crippen molar-refractivity contribution in [3.63, 3.8) is 0 Å². The van der Waals surface area contributed by atoms with E-state index in [-0.39, 0.29) is 0 Å². The highest BCUT2D eigenvalue weighted by Gasteiger charge is 2.35. The predicted octanol–water partition coefficient (Wildman–Crippen LogP) is 3.39. The van der Waals surface area contributed by atoms with Crippen molar-refractivity contribution in [1.29, 1.82) is 0 Å². The molecule has 1 aliphatic rings. The number of benzene rings is 1. The van der Waals surface area contributed by atoms with Crippen molar-refractivity contribution in [3.8, 4) is 5.75 Å². The monoisotopic (exact) mass is 275 g/mol. The summed E-state index contributed by atoms with van der Waals surface area (Å²) in [6, 6.07) is 7.72. The lowest BCUT2D eigenvalue weighted by atomic mass is 9.66. The number of hydrogen-bond acceptors (Lipinski definition) is 2. The van der Waals surface area contributed by atoms with Crippen LogP contribution in [-0.2, 0) is 0 Å². The molecule has 0 amide bonds. The largest absolute Gasteiger partial charge is 0.495 e. The summed E-state index contributed by atoms with van der Waals surface area (Å²) in [5.74, 6) is 1.24. The number of hydrogen-bond donors (Lipinski definition) is 2. The Morgan fingerprint density at radius 3 is 2.75 bits per heavy atom. The molecule has 0 atom stereocenters. The molecule has 1 aliphatic carbocycles. The quantitative estimate of drug-likeness (QED) is 0.618. The maximum absolute atomic E-state index is 5.99. The molecule has 1 fully saturated rings. The van der Waals surface area contributed by atoms with Gasteiger partial charge in [0.1, 0.15) is 5.75 Å². The van der Waals surface area contributed by atoms with Crippen LogP contribution in [0.25, 0.3) is 0 Å². The van der Waals surface area contributed by atoms with Gasteiger partial charge in [0.05, 0.1) is 12.8 Å². The number of nitrogens with two attached hydrogens (primary N) is 1. The van der Waals surface area contributed by atoms with Gasteiger partial charge in [-0.1, -0.05) is 31.9 Å². The summed E-state index contributed by atoms with van der Waals surface area (Å²) in [4.78, 5) is 4.54. The van der Waals surface area contributed by atoms with E-state index in [0.717, 1.165) is 18.0 Å². The summed E-state index contributed by atoms with van der Waals surface area (Å²) in [5, 5.41) is 3.13. The fourth-order valence-corrected chi connectivity index (χ4v) is 2.87. The second kappa shape index (κ2) is 6.64. The fraction of sp³-hybridized carbons (Fsp3) is 0.562. The molecule has 0 bridgehead atoms. The van der Waals surface area contributed by atoms with Crippen LogP contribution < -0.4 is 15.8 Å². The minimum atomic E-state index is 0.405. The maximum Gasteiger partial charge on any atom is 0.193 e. The van der Waals surface area contributed by atoms with Gasteiger partial charge in [-0.05, 0) is 36.8 Å². The highest BCUT2D eigenvalue weighted by molar-refractivity contribution is 5.93. The molecule has 0 radical (unpaired) electrons. The first kappa shape index (κ1) is 14.7. The van der Waals surface area contributed by atoms with Crippen LogP contribution in [0.2, 0.25) is 0 Å². The normalized spacial score (nSPS) is 17.4. The molecule has 2 rings (SSSR count). The van der Waals surface area contributed by atoms with Crippen LogP contribution in [0.15, 0.2) is 29.3 Å². The Kier molecular flexibility index (Phi) is 4.88. The van der Waals surface area contributed by atoms with Crippen LogP contribution in [0.3, 0.4) is 0 Å². The van der Waals surface area contributed by atoms with Crippen molar-refractivity contribution in [2.75, 3.05) is 19.0 Å². The number of ether oxygens (including phenoxy) is 1. The Balaban J connectivity index is 1.97. The van der Waals surface area contributed by atoms with Crippen molar-refractivity contribution in [1.82, 2.24) is 0 Å². The van der Waals surface area contributed by atoms with Crippen LogP contribution in [-0.4, -0.2) is 19.6 Å². The number of nitrogens with one attached hydrogen (secondary N) is 1. The molecule has 0 spiro atoms. The summed E-state index contributed by atoms with van der Waals surface area (Å²) >= 11 is 0. The van der Waals surface area contributed by atoms with E-state index in [1.807, 2.05) is 24.3 Å². The summed E-state index contributed by atoms with van der Waals surface area (Å²) in [6.07, 6.45) is 6.36. The number of guanidine groups is 1. The first-order valence-corrected chi connectivity index (χ1v) is 7.39. The Bertz CT molecular complexity index is 467. The molecule has 4 heteroatoms. The molecular weight excluding hydrogens is 250 g/mol. The molecule has 0 saturated heterocycles. The Morgan fingerprint density at radius 1 is 1.40 bits per heavy atom. The van der Waals surface area contributed by atoms with Crippen molar-refractivity contribution < 1.29 is 4.74 Å². The zero-order valence-electron chi connectivity index (χ0n) is 12.5. The first-order chi connectivity index (χ1) is 9.69. The molecule has 0 aliphatic heterocycles. The highest BCUT2D eigenvalue weighted by Crippen LogP contribution is 2.44. The molecule has 110 valence electrons. The summed E-state index contributed by atoms with van der Waals surface area (Å²) < 4.78 is 5.29. The zero-order chi connectivity index (χ0) is 14.4. The van der Waals surface area contributed by atoms with E-state index in [0.29, 0.717) is 11.4 Å². The molecule has 0 unspecified atom stereocenters. The third-order valence-electron chi connectivity index (χ3n) is 4.15. The van der Waals surface area contributed by atoms with E-state index in [1.165, 1.54) is 32.1 Å². The molecule has 20 heavy (non-hydrogen) atoms. The van der Waals surface area contributed by atoms with Gasteiger partial charge in [0.2, 0.25) is 0 Å². The molecule has 0 heterocycles. The molecule has 1 saturated carbocycles. The standard InChI is InChI=1S/C16H25N3O/c1-3-9-16(10-6-11-16)12-18-15(17)19-13-7-4-5-8-14(13)20-2/h4-5,7-8H,3,6,9-12H2,1-2H3,(H3,17,18,19). The van der Waals surface area contributed by atoms with Crippen molar-refractivity contribution >= 4 is 11.6 Å². The number of methoxy groups -OCH3 is 1. The minimum Gasteiger partial charge on any atom is -0.495 e. The third-order valence-corrected chi connectivity index (χ3v) is 4.15. The first-order valence-electron chi connectivity index (χ1n) is 7.39. The van der Waals surface area contributed by atoms with Gasteiger partial charge in [0.25, 0.3) is 0 Å². The van der Waals surface area contributed by atoms with Crippen LogP contribution in [0.4, 0.5) is 5.69 Å². The van der Waals surface area contributed by atoms with E-state index < -0.39 is 0 Å².